The molecule has 1 aromatic rings. The molecule has 0 aliphatic carbocycles. The fraction of sp³-hybridized carbons (Fsp3) is 0.333. The van der Waals surface area contributed by atoms with Crippen LogP contribution in [0.3, 0.4) is 0 Å². The number of nitrogens with one attached hydrogen (secondary N) is 1. The van der Waals surface area contributed by atoms with E-state index >= 15 is 0 Å². The third-order valence-corrected chi connectivity index (χ3v) is 2.76. The molecular formula is C12H14ClNO4. The van der Waals surface area contributed by atoms with Crippen molar-refractivity contribution in [2.75, 3.05) is 7.11 Å². The van der Waals surface area contributed by atoms with Crippen LogP contribution >= 0.6 is 11.6 Å². The van der Waals surface area contributed by atoms with Gasteiger partial charge in [0.15, 0.2) is 0 Å². The lowest BCUT2D eigenvalue weighted by Gasteiger charge is -2.13. The number of rotatable bonds is 6. The van der Waals surface area contributed by atoms with Crippen LogP contribution in [0.25, 0.3) is 0 Å². The number of carboxylic acids is 1. The zero-order chi connectivity index (χ0) is 13.5. The predicted molar refractivity (Wildman–Crippen MR) is 66.3 cm³/mol. The van der Waals surface area contributed by atoms with Crippen LogP contribution in [0, 0.1) is 0 Å². The molecule has 0 heterocycles. The first-order valence-electron chi connectivity index (χ1n) is 5.31. The Bertz CT molecular complexity index is 436. The van der Waals surface area contributed by atoms with E-state index in [2.05, 4.69) is 10.1 Å². The van der Waals surface area contributed by atoms with E-state index in [0.717, 1.165) is 5.56 Å². The summed E-state index contributed by atoms with van der Waals surface area (Å²) in [5, 5.41) is 12.3. The maximum atomic E-state index is 11.1. The van der Waals surface area contributed by atoms with Gasteiger partial charge >= 0.3 is 11.9 Å². The summed E-state index contributed by atoms with van der Waals surface area (Å²) in [6.07, 6.45) is -0.226. The summed E-state index contributed by atoms with van der Waals surface area (Å²) < 4.78 is 4.44. The number of carboxylic acid groups (broad SMARTS) is 1. The first-order valence-corrected chi connectivity index (χ1v) is 5.68. The van der Waals surface area contributed by atoms with Crippen molar-refractivity contribution in [3.63, 3.8) is 0 Å². The molecule has 0 aliphatic heterocycles. The Morgan fingerprint density at radius 3 is 2.67 bits per heavy atom. The summed E-state index contributed by atoms with van der Waals surface area (Å²) in [4.78, 5) is 22.0. The molecule has 0 spiro atoms. The smallest absolute Gasteiger partial charge is 0.321 e. The van der Waals surface area contributed by atoms with Crippen LogP contribution in [0.5, 0.6) is 0 Å². The van der Waals surface area contributed by atoms with Crippen LogP contribution in [0.1, 0.15) is 12.0 Å². The van der Waals surface area contributed by atoms with Gasteiger partial charge in [-0.1, -0.05) is 29.8 Å². The molecule has 1 atom stereocenters. The average molecular weight is 272 g/mol. The number of carbonyl (C=O) groups excluding carboxylic acids is 1. The van der Waals surface area contributed by atoms with Crippen molar-refractivity contribution < 1.29 is 19.4 Å². The van der Waals surface area contributed by atoms with E-state index in [4.69, 9.17) is 16.7 Å². The molecule has 0 saturated heterocycles. The number of methoxy groups -OCH3 is 1. The van der Waals surface area contributed by atoms with Gasteiger partial charge < -0.3 is 9.84 Å². The highest BCUT2D eigenvalue weighted by Crippen LogP contribution is 2.14. The quantitative estimate of drug-likeness (QED) is 0.766. The third kappa shape index (κ3) is 4.35. The molecule has 1 unspecified atom stereocenters. The van der Waals surface area contributed by atoms with Crippen LogP contribution in [0.15, 0.2) is 24.3 Å². The zero-order valence-electron chi connectivity index (χ0n) is 9.85. The maximum Gasteiger partial charge on any atom is 0.321 e. The second-order valence-corrected chi connectivity index (χ2v) is 4.05. The van der Waals surface area contributed by atoms with Crippen LogP contribution in [-0.4, -0.2) is 30.2 Å². The van der Waals surface area contributed by atoms with Crippen molar-refractivity contribution in [3.8, 4) is 0 Å². The molecule has 1 rings (SSSR count). The lowest BCUT2D eigenvalue weighted by atomic mass is 10.1. The molecule has 0 bridgehead atoms. The molecule has 0 aromatic heterocycles. The van der Waals surface area contributed by atoms with Crippen molar-refractivity contribution in [2.45, 2.75) is 19.0 Å². The molecular weight excluding hydrogens is 258 g/mol. The van der Waals surface area contributed by atoms with Gasteiger partial charge in [-0.05, 0) is 11.6 Å². The van der Waals surface area contributed by atoms with E-state index in [1.165, 1.54) is 7.11 Å². The summed E-state index contributed by atoms with van der Waals surface area (Å²) in [5.74, 6) is -1.68. The minimum absolute atomic E-state index is 0.226. The molecule has 18 heavy (non-hydrogen) atoms. The summed E-state index contributed by atoms with van der Waals surface area (Å²) in [6, 6.07) is 6.10. The Morgan fingerprint density at radius 1 is 1.44 bits per heavy atom. The molecule has 2 N–H and O–H groups in total. The minimum atomic E-state index is -1.10. The second kappa shape index (κ2) is 6.98. The zero-order valence-corrected chi connectivity index (χ0v) is 10.6. The minimum Gasteiger partial charge on any atom is -0.480 e. The number of benzene rings is 1. The molecule has 1 aromatic carbocycles. The number of carbonyl (C=O) groups is 2. The van der Waals surface area contributed by atoms with Crippen molar-refractivity contribution in [1.82, 2.24) is 5.32 Å². The van der Waals surface area contributed by atoms with E-state index in [1.54, 1.807) is 24.3 Å². The van der Waals surface area contributed by atoms with Gasteiger partial charge in [-0.15, -0.1) is 0 Å². The third-order valence-electron chi connectivity index (χ3n) is 2.39. The highest BCUT2D eigenvalue weighted by Gasteiger charge is 2.21. The monoisotopic (exact) mass is 271 g/mol. The Hall–Kier alpha value is -1.59. The van der Waals surface area contributed by atoms with Gasteiger partial charge in [0.05, 0.1) is 13.5 Å². The van der Waals surface area contributed by atoms with Crippen LogP contribution in [0.2, 0.25) is 5.02 Å². The van der Waals surface area contributed by atoms with Gasteiger partial charge in [0.1, 0.15) is 6.04 Å². The van der Waals surface area contributed by atoms with Gasteiger partial charge in [0.25, 0.3) is 0 Å². The molecule has 98 valence electrons. The highest BCUT2D eigenvalue weighted by atomic mass is 35.5. The second-order valence-electron chi connectivity index (χ2n) is 3.64. The summed E-state index contributed by atoms with van der Waals surface area (Å²) in [7, 11) is 1.22. The number of halogens is 1. The number of hydrogen-bond donors (Lipinski definition) is 2. The van der Waals surface area contributed by atoms with Gasteiger partial charge in [0.2, 0.25) is 0 Å². The lowest BCUT2D eigenvalue weighted by Crippen LogP contribution is -2.38. The molecule has 0 amide bonds. The number of esters is 1. The van der Waals surface area contributed by atoms with E-state index in [0.29, 0.717) is 5.02 Å². The van der Waals surface area contributed by atoms with Crippen molar-refractivity contribution in [3.05, 3.63) is 34.9 Å². The Balaban J connectivity index is 2.60. The Labute approximate surface area is 110 Å². The highest BCUT2D eigenvalue weighted by molar-refractivity contribution is 6.31. The summed E-state index contributed by atoms with van der Waals surface area (Å²) in [5.41, 5.74) is 0.773. The van der Waals surface area contributed by atoms with E-state index < -0.39 is 18.0 Å². The van der Waals surface area contributed by atoms with Crippen LogP contribution < -0.4 is 5.32 Å². The van der Waals surface area contributed by atoms with E-state index in [1.807, 2.05) is 0 Å². The number of aliphatic carboxylic acids is 1. The normalized spacial score (nSPS) is 11.9. The predicted octanol–water partition coefficient (Wildman–Crippen LogP) is 1.45. The summed E-state index contributed by atoms with van der Waals surface area (Å²) in [6.45, 7) is 0.271. The topological polar surface area (TPSA) is 75.6 Å². The fourth-order valence-corrected chi connectivity index (χ4v) is 1.57. The first-order chi connectivity index (χ1) is 8.54. The Morgan fingerprint density at radius 2 is 2.11 bits per heavy atom. The van der Waals surface area contributed by atoms with Crippen molar-refractivity contribution in [2.24, 2.45) is 0 Å². The van der Waals surface area contributed by atoms with Crippen LogP contribution in [-0.2, 0) is 20.9 Å². The molecule has 0 radical (unpaired) electrons. The average Bonchev–Trinajstić information content (AvgIpc) is 2.35. The fourth-order valence-electron chi connectivity index (χ4n) is 1.37. The van der Waals surface area contributed by atoms with Gasteiger partial charge in [-0.3, -0.25) is 14.9 Å². The Kier molecular flexibility index (Phi) is 5.61. The molecule has 6 heteroatoms. The maximum absolute atomic E-state index is 11.1. The lowest BCUT2D eigenvalue weighted by molar-refractivity contribution is -0.147. The van der Waals surface area contributed by atoms with Crippen molar-refractivity contribution in [1.29, 1.82) is 0 Å². The van der Waals surface area contributed by atoms with Crippen molar-refractivity contribution >= 4 is 23.5 Å². The largest absolute Gasteiger partial charge is 0.480 e. The van der Waals surface area contributed by atoms with E-state index in [-0.39, 0.29) is 13.0 Å². The molecule has 0 saturated carbocycles. The van der Waals surface area contributed by atoms with Gasteiger partial charge in [0, 0.05) is 11.6 Å². The first kappa shape index (κ1) is 14.5. The molecule has 5 nitrogen and oxygen atoms in total. The SMILES string of the molecule is COC(=O)CC(NCc1ccccc1Cl)C(=O)O. The molecule has 0 fully saturated rings. The standard InChI is InChI=1S/C12H14ClNO4/c1-18-11(15)6-10(12(16)17)14-7-8-4-2-3-5-9(8)13/h2-5,10,14H,6-7H2,1H3,(H,16,17). The summed E-state index contributed by atoms with van der Waals surface area (Å²) >= 11 is 5.94. The van der Waals surface area contributed by atoms with Gasteiger partial charge in [-0.25, -0.2) is 0 Å². The molecule has 0 aliphatic rings. The van der Waals surface area contributed by atoms with Crippen LogP contribution in [0.4, 0.5) is 0 Å². The number of ether oxygens (including phenoxy) is 1. The number of hydrogen-bond acceptors (Lipinski definition) is 4. The van der Waals surface area contributed by atoms with E-state index in [9.17, 15) is 9.59 Å². The van der Waals surface area contributed by atoms with Gasteiger partial charge in [-0.2, -0.15) is 0 Å².